The minimum Gasteiger partial charge on any atom is -0.338 e. The molecular weight excluding hydrogens is 568 g/mol. The summed E-state index contributed by atoms with van der Waals surface area (Å²) in [6.07, 6.45) is 6.99. The minimum absolute atomic E-state index is 0.0144. The van der Waals surface area contributed by atoms with Gasteiger partial charge in [0.1, 0.15) is 0 Å². The number of benzene rings is 3. The number of carbonyl (C=O) groups excluding carboxylic acids is 1. The van der Waals surface area contributed by atoms with Gasteiger partial charge in [0.05, 0.1) is 16.3 Å². The van der Waals surface area contributed by atoms with Crippen LogP contribution in [0.2, 0.25) is 0 Å². The third-order valence-corrected chi connectivity index (χ3v) is 9.21. The molecule has 240 valence electrons. The second-order valence-electron chi connectivity index (χ2n) is 12.5. The maximum atomic E-state index is 14.3. The minimum atomic E-state index is -4.00. The van der Waals surface area contributed by atoms with E-state index >= 15 is 0 Å². The van der Waals surface area contributed by atoms with Gasteiger partial charge in [-0.05, 0) is 77.3 Å². The van der Waals surface area contributed by atoms with Crippen LogP contribution < -0.4 is 20.5 Å². The molecule has 0 heterocycles. The summed E-state index contributed by atoms with van der Waals surface area (Å²) in [5.74, 6) is 0.307. The average molecular weight is 621 g/mol. The smallest absolute Gasteiger partial charge is 0.319 e. The van der Waals surface area contributed by atoms with Crippen LogP contribution in [0.25, 0.3) is 0 Å². The van der Waals surface area contributed by atoms with Crippen molar-refractivity contribution in [3.05, 3.63) is 83.4 Å². The normalized spacial score (nSPS) is 11.8. The summed E-state index contributed by atoms with van der Waals surface area (Å²) in [5.41, 5.74) is 4.67. The molecule has 3 rings (SSSR count). The molecule has 3 N–H and O–H groups in total. The fourth-order valence-corrected chi connectivity index (χ4v) is 6.93. The molecule has 2 amide bonds. The lowest BCUT2D eigenvalue weighted by molar-refractivity contribution is 0.252. The second-order valence-corrected chi connectivity index (χ2v) is 14.1. The van der Waals surface area contributed by atoms with E-state index in [1.165, 1.54) is 25.7 Å². The zero-order chi connectivity index (χ0) is 32.3. The van der Waals surface area contributed by atoms with Crippen LogP contribution in [0, 0.1) is 0 Å². The molecule has 0 fully saturated rings. The zero-order valence-electron chi connectivity index (χ0n) is 27.6. The van der Waals surface area contributed by atoms with Crippen LogP contribution in [0.15, 0.2) is 71.6 Å². The van der Waals surface area contributed by atoms with E-state index in [2.05, 4.69) is 36.2 Å². The highest BCUT2D eigenvalue weighted by atomic mass is 32.2. The summed E-state index contributed by atoms with van der Waals surface area (Å²) in [6.45, 7) is 15.2. The fraction of sp³-hybridized carbons (Fsp3) is 0.472. The Morgan fingerprint density at radius 3 is 1.82 bits per heavy atom. The predicted molar refractivity (Wildman–Crippen MR) is 184 cm³/mol. The van der Waals surface area contributed by atoms with Crippen LogP contribution in [0.3, 0.4) is 0 Å². The number of rotatable bonds is 16. The maximum Gasteiger partial charge on any atom is 0.319 e. The fourth-order valence-electron chi connectivity index (χ4n) is 5.17. The number of urea groups is 1. The van der Waals surface area contributed by atoms with Crippen LogP contribution >= 0.6 is 0 Å². The van der Waals surface area contributed by atoms with Gasteiger partial charge in [0.25, 0.3) is 10.0 Å². The first-order chi connectivity index (χ1) is 20.9. The first-order valence-electron chi connectivity index (χ1n) is 16.1. The summed E-state index contributed by atoms with van der Waals surface area (Å²) in [7, 11) is -4.00. The number of hydrogen-bond acceptors (Lipinski definition) is 4. The van der Waals surface area contributed by atoms with E-state index in [-0.39, 0.29) is 23.8 Å². The number of anilines is 3. The third-order valence-electron chi connectivity index (χ3n) is 7.77. The first-order valence-corrected chi connectivity index (χ1v) is 17.6. The number of sulfonamides is 1. The highest BCUT2D eigenvalue weighted by Crippen LogP contribution is 2.36. The van der Waals surface area contributed by atoms with Crippen LogP contribution in [0.1, 0.15) is 121 Å². The van der Waals surface area contributed by atoms with Gasteiger partial charge in [0.2, 0.25) is 0 Å². The number of carbonyl (C=O) groups is 1. The van der Waals surface area contributed by atoms with Gasteiger partial charge in [-0.25, -0.2) is 13.2 Å². The molecule has 0 aromatic heterocycles. The number of hydrazine groups is 1. The van der Waals surface area contributed by atoms with Gasteiger partial charge < -0.3 is 10.6 Å². The maximum absolute atomic E-state index is 14.3. The molecule has 0 unspecified atom stereocenters. The predicted octanol–water partition coefficient (Wildman–Crippen LogP) is 9.57. The first kappa shape index (κ1) is 35.1. The molecule has 0 aliphatic heterocycles. The Labute approximate surface area is 265 Å². The molecule has 7 nitrogen and oxygen atoms in total. The molecule has 0 aliphatic rings. The van der Waals surface area contributed by atoms with Crippen LogP contribution in [-0.4, -0.2) is 21.0 Å². The SMILES string of the molecule is CCCCCCCCNC(=O)Nc1ccc(N(NS(=O)(=O)c2c(C(C)C)cc(C(C)C)cc2C(C)C)c2ccccc2)cc1. The summed E-state index contributed by atoms with van der Waals surface area (Å²) < 4.78 is 28.6. The number of nitrogens with one attached hydrogen (secondary N) is 3. The summed E-state index contributed by atoms with van der Waals surface area (Å²) in [4.78, 5) is 15.7. The molecule has 0 bridgehead atoms. The molecular formula is C36H52N4O3S. The quantitative estimate of drug-likeness (QED) is 0.110. The van der Waals surface area contributed by atoms with E-state index in [1.807, 2.05) is 70.2 Å². The van der Waals surface area contributed by atoms with Gasteiger partial charge in [-0.1, -0.05) is 111 Å². The Morgan fingerprint density at radius 1 is 0.727 bits per heavy atom. The Morgan fingerprint density at radius 2 is 1.27 bits per heavy atom. The number of nitrogens with zero attached hydrogens (tertiary/aromatic N) is 1. The molecule has 0 saturated carbocycles. The number of amides is 2. The van der Waals surface area contributed by atoms with Crippen molar-refractivity contribution in [2.24, 2.45) is 0 Å². The van der Waals surface area contributed by atoms with E-state index in [4.69, 9.17) is 0 Å². The lowest BCUT2D eigenvalue weighted by Crippen LogP contribution is -2.40. The lowest BCUT2D eigenvalue weighted by Gasteiger charge is -2.28. The van der Waals surface area contributed by atoms with Crippen molar-refractivity contribution in [2.75, 3.05) is 16.9 Å². The molecule has 0 spiro atoms. The lowest BCUT2D eigenvalue weighted by atomic mass is 9.89. The van der Waals surface area contributed by atoms with E-state index in [9.17, 15) is 13.2 Å². The average Bonchev–Trinajstić information content (AvgIpc) is 2.99. The number of hydrogen-bond donors (Lipinski definition) is 3. The molecule has 3 aromatic rings. The van der Waals surface area contributed by atoms with Gasteiger partial charge in [-0.2, -0.15) is 0 Å². The Balaban J connectivity index is 1.86. The van der Waals surface area contributed by atoms with Crippen molar-refractivity contribution in [1.82, 2.24) is 10.1 Å². The highest BCUT2D eigenvalue weighted by Gasteiger charge is 2.29. The second kappa shape index (κ2) is 16.6. The zero-order valence-corrected chi connectivity index (χ0v) is 28.4. The van der Waals surface area contributed by atoms with E-state index in [1.54, 1.807) is 29.3 Å². The van der Waals surface area contributed by atoms with Crippen molar-refractivity contribution in [3.63, 3.8) is 0 Å². The summed E-state index contributed by atoms with van der Waals surface area (Å²) in [5, 5.41) is 7.39. The van der Waals surface area contributed by atoms with Gasteiger partial charge >= 0.3 is 6.03 Å². The van der Waals surface area contributed by atoms with E-state index in [0.29, 0.717) is 28.5 Å². The third kappa shape index (κ3) is 9.83. The van der Waals surface area contributed by atoms with Crippen LogP contribution in [-0.2, 0) is 10.0 Å². The van der Waals surface area contributed by atoms with Crippen molar-refractivity contribution < 1.29 is 13.2 Å². The molecule has 0 atom stereocenters. The molecule has 8 heteroatoms. The van der Waals surface area contributed by atoms with Crippen molar-refractivity contribution in [3.8, 4) is 0 Å². The number of unbranched alkanes of at least 4 members (excludes halogenated alkanes) is 5. The van der Waals surface area contributed by atoms with Gasteiger partial charge in [-0.15, -0.1) is 4.83 Å². The summed E-state index contributed by atoms with van der Waals surface area (Å²) >= 11 is 0. The van der Waals surface area contributed by atoms with Crippen molar-refractivity contribution >= 4 is 33.1 Å². The van der Waals surface area contributed by atoms with Crippen molar-refractivity contribution in [2.45, 2.75) is 110 Å². The van der Waals surface area contributed by atoms with Gasteiger partial charge in [0, 0.05) is 12.2 Å². The van der Waals surface area contributed by atoms with Crippen LogP contribution in [0.5, 0.6) is 0 Å². The van der Waals surface area contributed by atoms with E-state index in [0.717, 1.165) is 29.5 Å². The van der Waals surface area contributed by atoms with Crippen molar-refractivity contribution in [1.29, 1.82) is 0 Å². The Bertz CT molecular complexity index is 1410. The monoisotopic (exact) mass is 620 g/mol. The Kier molecular flexibility index (Phi) is 13.3. The molecule has 44 heavy (non-hydrogen) atoms. The van der Waals surface area contributed by atoms with Gasteiger partial charge in [-0.3, -0.25) is 5.01 Å². The molecule has 3 aromatic carbocycles. The molecule has 0 radical (unpaired) electrons. The van der Waals surface area contributed by atoms with E-state index < -0.39 is 10.0 Å². The highest BCUT2D eigenvalue weighted by molar-refractivity contribution is 7.89. The topological polar surface area (TPSA) is 90.5 Å². The largest absolute Gasteiger partial charge is 0.338 e. The van der Waals surface area contributed by atoms with Crippen LogP contribution in [0.4, 0.5) is 21.9 Å². The standard InChI is InChI=1S/C36H52N4O3S/c1-8-9-10-11-12-16-23-37-36(41)38-30-19-21-32(22-20-30)40(31-17-14-13-15-18-31)39-44(42,43)35-33(27(4)5)24-29(26(2)3)25-34(35)28(6)7/h13-15,17-22,24-28,39H,8-12,16,23H2,1-7H3,(H2,37,38,41). The molecule has 0 saturated heterocycles. The van der Waals surface area contributed by atoms with Gasteiger partial charge in [0.15, 0.2) is 0 Å². The summed E-state index contributed by atoms with van der Waals surface area (Å²) in [6, 6.07) is 20.3. The Hall–Kier alpha value is -3.36. The number of para-hydroxylation sites is 1. The molecule has 0 aliphatic carbocycles.